The summed E-state index contributed by atoms with van der Waals surface area (Å²) in [7, 11) is 0. The summed E-state index contributed by atoms with van der Waals surface area (Å²) in [6, 6.07) is 2.22. The van der Waals surface area contributed by atoms with E-state index in [0.717, 1.165) is 37.8 Å². The van der Waals surface area contributed by atoms with Crippen LogP contribution in [0.1, 0.15) is 32.1 Å². The second-order valence-electron chi connectivity index (χ2n) is 5.74. The Hall–Kier alpha value is -0.880. The van der Waals surface area contributed by atoms with Crippen LogP contribution in [0, 0.1) is 21.3 Å². The van der Waals surface area contributed by atoms with Gasteiger partial charge in [-0.3, -0.25) is 10.1 Å². The Morgan fingerprint density at radius 2 is 2.10 bits per heavy atom. The molecule has 1 spiro atoms. The van der Waals surface area contributed by atoms with Crippen LogP contribution in [0.15, 0.2) is 16.6 Å². The maximum atomic E-state index is 13.7. The number of ether oxygens (including phenoxy) is 1. The Kier molecular flexibility index (Phi) is 3.86. The first-order valence-electron chi connectivity index (χ1n) is 6.88. The first-order chi connectivity index (χ1) is 9.94. The highest BCUT2D eigenvalue weighted by atomic mass is 79.9. The van der Waals surface area contributed by atoms with Crippen molar-refractivity contribution in [2.45, 2.75) is 43.6 Å². The van der Waals surface area contributed by atoms with Crippen LogP contribution >= 0.6 is 27.5 Å². The van der Waals surface area contributed by atoms with E-state index in [0.29, 0.717) is 6.42 Å². The van der Waals surface area contributed by atoms with Crippen LogP contribution in [-0.2, 0) is 0 Å². The van der Waals surface area contributed by atoms with E-state index in [-0.39, 0.29) is 32.8 Å². The summed E-state index contributed by atoms with van der Waals surface area (Å²) >= 11 is 9.30. The Morgan fingerprint density at radius 3 is 2.67 bits per heavy atom. The fourth-order valence-corrected chi connectivity index (χ4v) is 4.29. The number of rotatable bonds is 3. The molecule has 0 heterocycles. The zero-order chi connectivity index (χ0) is 15.2. The van der Waals surface area contributed by atoms with Crippen molar-refractivity contribution in [3.05, 3.63) is 32.5 Å². The number of benzene rings is 1. The van der Waals surface area contributed by atoms with Gasteiger partial charge in [-0.1, -0.05) is 12.8 Å². The van der Waals surface area contributed by atoms with Crippen LogP contribution < -0.4 is 4.74 Å². The molecule has 2 aliphatic rings. The SMILES string of the molecule is O=[N+]([O-])c1cc(Br)c(F)cc1OC1CC(Cl)C12CCCC2. The van der Waals surface area contributed by atoms with Crippen LogP contribution in [0.5, 0.6) is 5.75 Å². The second-order valence-corrected chi connectivity index (χ2v) is 7.12. The Labute approximate surface area is 134 Å². The molecule has 0 N–H and O–H groups in total. The molecule has 2 saturated carbocycles. The number of alkyl halides is 1. The lowest BCUT2D eigenvalue weighted by Gasteiger charge is -2.50. The van der Waals surface area contributed by atoms with Gasteiger partial charge in [0.15, 0.2) is 5.75 Å². The zero-order valence-electron chi connectivity index (χ0n) is 11.2. The summed E-state index contributed by atoms with van der Waals surface area (Å²) in [5.41, 5.74) is -0.326. The van der Waals surface area contributed by atoms with Gasteiger partial charge in [-0.25, -0.2) is 4.39 Å². The maximum Gasteiger partial charge on any atom is 0.312 e. The van der Waals surface area contributed by atoms with Crippen molar-refractivity contribution >= 4 is 33.2 Å². The Morgan fingerprint density at radius 1 is 1.43 bits per heavy atom. The molecule has 114 valence electrons. The van der Waals surface area contributed by atoms with Gasteiger partial charge in [-0.15, -0.1) is 11.6 Å². The third-order valence-corrected chi connectivity index (χ3v) is 5.91. The highest BCUT2D eigenvalue weighted by Crippen LogP contribution is 2.57. The van der Waals surface area contributed by atoms with Crippen molar-refractivity contribution in [1.82, 2.24) is 0 Å². The monoisotopic (exact) mass is 377 g/mol. The summed E-state index contributed by atoms with van der Waals surface area (Å²) in [6.07, 6.45) is 4.62. The van der Waals surface area contributed by atoms with Crippen molar-refractivity contribution < 1.29 is 14.1 Å². The molecule has 4 nitrogen and oxygen atoms in total. The maximum absolute atomic E-state index is 13.7. The van der Waals surface area contributed by atoms with E-state index in [9.17, 15) is 14.5 Å². The highest BCUT2D eigenvalue weighted by Gasteiger charge is 2.57. The third-order valence-electron chi connectivity index (χ3n) is 4.69. The van der Waals surface area contributed by atoms with Gasteiger partial charge in [-0.05, 0) is 28.8 Å². The predicted molar refractivity (Wildman–Crippen MR) is 80.3 cm³/mol. The average Bonchev–Trinajstić information content (AvgIpc) is 2.94. The zero-order valence-corrected chi connectivity index (χ0v) is 13.5. The summed E-state index contributed by atoms with van der Waals surface area (Å²) in [5.74, 6) is -0.585. The third kappa shape index (κ3) is 2.42. The topological polar surface area (TPSA) is 52.4 Å². The molecular formula is C14H14BrClFNO3. The molecule has 21 heavy (non-hydrogen) atoms. The lowest BCUT2D eigenvalue weighted by atomic mass is 9.64. The van der Waals surface area contributed by atoms with E-state index < -0.39 is 10.7 Å². The first-order valence-corrected chi connectivity index (χ1v) is 8.11. The van der Waals surface area contributed by atoms with E-state index in [2.05, 4.69) is 15.9 Å². The summed E-state index contributed by atoms with van der Waals surface area (Å²) in [5, 5.41) is 11.2. The molecule has 2 aliphatic carbocycles. The molecule has 0 aliphatic heterocycles. The number of nitro benzene ring substituents is 1. The summed E-state index contributed by atoms with van der Waals surface area (Å²) < 4.78 is 19.5. The predicted octanol–water partition coefficient (Wildman–Crippen LogP) is 4.82. The quantitative estimate of drug-likeness (QED) is 0.430. The van der Waals surface area contributed by atoms with Gasteiger partial charge in [0.05, 0.1) is 9.40 Å². The molecule has 0 aromatic heterocycles. The number of nitrogens with zero attached hydrogens (tertiary/aromatic N) is 1. The lowest BCUT2D eigenvalue weighted by molar-refractivity contribution is -0.386. The first kappa shape index (κ1) is 15.0. The fourth-order valence-electron chi connectivity index (χ4n) is 3.44. The number of halogens is 3. The Balaban J connectivity index is 1.88. The fraction of sp³-hybridized carbons (Fsp3) is 0.571. The van der Waals surface area contributed by atoms with E-state index in [1.165, 1.54) is 0 Å². The van der Waals surface area contributed by atoms with E-state index in [4.69, 9.17) is 16.3 Å². The normalized spacial score (nSPS) is 26.6. The van der Waals surface area contributed by atoms with Crippen LogP contribution in [-0.4, -0.2) is 16.4 Å². The molecule has 2 atom stereocenters. The van der Waals surface area contributed by atoms with Gasteiger partial charge >= 0.3 is 5.69 Å². The number of nitro groups is 1. The van der Waals surface area contributed by atoms with Gasteiger partial charge in [0, 0.05) is 29.3 Å². The van der Waals surface area contributed by atoms with Crippen molar-refractivity contribution in [3.63, 3.8) is 0 Å². The highest BCUT2D eigenvalue weighted by molar-refractivity contribution is 9.10. The van der Waals surface area contributed by atoms with Crippen molar-refractivity contribution in [2.75, 3.05) is 0 Å². The second kappa shape index (κ2) is 5.39. The van der Waals surface area contributed by atoms with Gasteiger partial charge in [0.1, 0.15) is 11.9 Å². The van der Waals surface area contributed by atoms with E-state index >= 15 is 0 Å². The van der Waals surface area contributed by atoms with E-state index in [1.807, 2.05) is 0 Å². The van der Waals surface area contributed by atoms with E-state index in [1.54, 1.807) is 0 Å². The summed E-state index contributed by atoms with van der Waals surface area (Å²) in [6.45, 7) is 0. The van der Waals surface area contributed by atoms with Crippen LogP contribution in [0.2, 0.25) is 0 Å². The van der Waals surface area contributed by atoms with Gasteiger partial charge in [-0.2, -0.15) is 0 Å². The molecule has 0 amide bonds. The van der Waals surface area contributed by atoms with Crippen LogP contribution in [0.3, 0.4) is 0 Å². The largest absolute Gasteiger partial charge is 0.483 e. The summed E-state index contributed by atoms with van der Waals surface area (Å²) in [4.78, 5) is 10.5. The van der Waals surface area contributed by atoms with Gasteiger partial charge in [0.2, 0.25) is 0 Å². The molecule has 1 aromatic carbocycles. The van der Waals surface area contributed by atoms with Crippen LogP contribution in [0.4, 0.5) is 10.1 Å². The van der Waals surface area contributed by atoms with Gasteiger partial charge in [0.25, 0.3) is 0 Å². The van der Waals surface area contributed by atoms with Crippen molar-refractivity contribution in [3.8, 4) is 5.75 Å². The molecule has 3 rings (SSSR count). The molecule has 0 radical (unpaired) electrons. The van der Waals surface area contributed by atoms with Crippen LogP contribution in [0.25, 0.3) is 0 Å². The minimum Gasteiger partial charge on any atom is -0.483 e. The standard InChI is InChI=1S/C14H14BrClFNO3/c15-8-5-10(18(19)20)11(6-9(8)17)21-13-7-12(16)14(13)3-1-2-4-14/h5-6,12-13H,1-4,7H2. The smallest absolute Gasteiger partial charge is 0.312 e. The molecule has 2 unspecified atom stereocenters. The molecule has 0 saturated heterocycles. The number of hydrogen-bond donors (Lipinski definition) is 0. The Bertz CT molecular complexity index is 592. The van der Waals surface area contributed by atoms with Crippen molar-refractivity contribution in [2.24, 2.45) is 5.41 Å². The van der Waals surface area contributed by atoms with Crippen molar-refractivity contribution in [1.29, 1.82) is 0 Å². The molecule has 7 heteroatoms. The number of hydrogen-bond acceptors (Lipinski definition) is 3. The minimum atomic E-state index is -0.571. The minimum absolute atomic E-state index is 0.0134. The molecule has 2 fully saturated rings. The molecule has 1 aromatic rings. The lowest BCUT2D eigenvalue weighted by Crippen LogP contribution is -2.55. The average molecular weight is 379 g/mol. The van der Waals surface area contributed by atoms with Gasteiger partial charge < -0.3 is 4.74 Å². The molecular weight excluding hydrogens is 365 g/mol. The molecule has 0 bridgehead atoms.